The van der Waals surface area contributed by atoms with Crippen LogP contribution in [0.15, 0.2) is 109 Å². The molecular weight excluding hydrogens is 661 g/mol. The van der Waals surface area contributed by atoms with Crippen molar-refractivity contribution in [2.24, 2.45) is 0 Å². The van der Waals surface area contributed by atoms with E-state index in [-0.39, 0.29) is 32.0 Å². The van der Waals surface area contributed by atoms with Crippen molar-refractivity contribution in [1.82, 2.24) is 0 Å². The Hall–Kier alpha value is -3.93. The van der Waals surface area contributed by atoms with Crippen molar-refractivity contribution in [2.75, 3.05) is 13.2 Å². The standard InChI is InChI=1S/C47H72O6/c1-4-7-10-13-16-18-20-22-23-25-26-28-31-34-37-40-46(49)52-43-44(42-51-45(48)39-36-33-30-15-12-9-6-3)53-47(50)41-38-35-32-29-27-24-21-19-17-14-11-8-5-2/h7-8,10-11,16-19,22-24,26-28,32,34-35,37,44H,4-6,9,12-15,20-21,25,29-31,33,36,38-43H2,1-3H3/b10-7-,11-8-,18-16-,19-17-,23-22-,27-24-,28-26-,35-32-,37-34-. The second-order valence-corrected chi connectivity index (χ2v) is 12.8. The Morgan fingerprint density at radius 3 is 1.28 bits per heavy atom. The quantitative estimate of drug-likeness (QED) is 0.0284. The Bertz CT molecular complexity index is 1160. The monoisotopic (exact) mass is 733 g/mol. The van der Waals surface area contributed by atoms with E-state index in [4.69, 9.17) is 14.2 Å². The van der Waals surface area contributed by atoms with Crippen LogP contribution in [-0.4, -0.2) is 37.2 Å². The van der Waals surface area contributed by atoms with Gasteiger partial charge in [0.05, 0.1) is 6.42 Å². The molecule has 0 spiro atoms. The first-order chi connectivity index (χ1) is 26.0. The maximum Gasteiger partial charge on any atom is 0.309 e. The number of unbranched alkanes of at least 4 members (excludes halogenated alkanes) is 6. The van der Waals surface area contributed by atoms with Gasteiger partial charge in [-0.1, -0.05) is 169 Å². The van der Waals surface area contributed by atoms with Gasteiger partial charge in [0.25, 0.3) is 0 Å². The minimum atomic E-state index is -0.852. The number of ether oxygens (including phenoxy) is 3. The summed E-state index contributed by atoms with van der Waals surface area (Å²) >= 11 is 0. The summed E-state index contributed by atoms with van der Waals surface area (Å²) in [7, 11) is 0. The minimum Gasteiger partial charge on any atom is -0.462 e. The van der Waals surface area contributed by atoms with Gasteiger partial charge < -0.3 is 14.2 Å². The van der Waals surface area contributed by atoms with Crippen LogP contribution >= 0.6 is 0 Å². The summed E-state index contributed by atoms with van der Waals surface area (Å²) in [6.45, 7) is 6.16. The summed E-state index contributed by atoms with van der Waals surface area (Å²) in [5.74, 6) is -1.18. The Balaban J connectivity index is 4.62. The lowest BCUT2D eigenvalue weighted by Gasteiger charge is -2.18. The van der Waals surface area contributed by atoms with E-state index in [0.717, 1.165) is 77.0 Å². The van der Waals surface area contributed by atoms with Gasteiger partial charge in [-0.3, -0.25) is 14.4 Å². The third-order valence-electron chi connectivity index (χ3n) is 7.82. The Labute approximate surface area is 323 Å². The van der Waals surface area contributed by atoms with Crippen molar-refractivity contribution >= 4 is 17.9 Å². The van der Waals surface area contributed by atoms with E-state index in [0.29, 0.717) is 12.8 Å². The smallest absolute Gasteiger partial charge is 0.309 e. The molecule has 0 N–H and O–H groups in total. The molecule has 0 rings (SSSR count). The van der Waals surface area contributed by atoms with Gasteiger partial charge in [0.2, 0.25) is 0 Å². The highest BCUT2D eigenvalue weighted by Gasteiger charge is 2.19. The molecule has 1 atom stereocenters. The molecule has 0 aliphatic carbocycles. The molecule has 0 heterocycles. The average Bonchev–Trinajstić information content (AvgIpc) is 3.15. The van der Waals surface area contributed by atoms with Crippen molar-refractivity contribution in [3.8, 4) is 0 Å². The average molecular weight is 733 g/mol. The highest BCUT2D eigenvalue weighted by atomic mass is 16.6. The highest BCUT2D eigenvalue weighted by molar-refractivity contribution is 5.72. The number of carbonyl (C=O) groups excluding carboxylic acids is 3. The van der Waals surface area contributed by atoms with Gasteiger partial charge in [0.15, 0.2) is 6.10 Å². The summed E-state index contributed by atoms with van der Waals surface area (Å²) in [6, 6.07) is 0. The van der Waals surface area contributed by atoms with E-state index in [9.17, 15) is 14.4 Å². The van der Waals surface area contributed by atoms with E-state index in [1.54, 1.807) is 6.08 Å². The van der Waals surface area contributed by atoms with Crippen LogP contribution in [-0.2, 0) is 28.6 Å². The molecule has 6 heteroatoms. The molecule has 0 bridgehead atoms. The maximum atomic E-state index is 12.6. The van der Waals surface area contributed by atoms with Gasteiger partial charge in [-0.25, -0.2) is 0 Å². The van der Waals surface area contributed by atoms with Gasteiger partial charge in [-0.15, -0.1) is 0 Å². The van der Waals surface area contributed by atoms with E-state index < -0.39 is 18.0 Å². The fourth-order valence-electron chi connectivity index (χ4n) is 4.82. The molecule has 53 heavy (non-hydrogen) atoms. The topological polar surface area (TPSA) is 78.9 Å². The van der Waals surface area contributed by atoms with Crippen molar-refractivity contribution in [2.45, 2.75) is 155 Å². The molecular formula is C47H72O6. The molecule has 0 aliphatic rings. The van der Waals surface area contributed by atoms with Crippen LogP contribution in [0.2, 0.25) is 0 Å². The molecule has 0 amide bonds. The van der Waals surface area contributed by atoms with E-state index >= 15 is 0 Å². The number of hydrogen-bond donors (Lipinski definition) is 0. The van der Waals surface area contributed by atoms with Crippen LogP contribution in [0.3, 0.4) is 0 Å². The first-order valence-electron chi connectivity index (χ1n) is 20.4. The summed E-state index contributed by atoms with van der Waals surface area (Å²) in [5, 5.41) is 0. The molecule has 0 aliphatic heterocycles. The maximum absolute atomic E-state index is 12.6. The van der Waals surface area contributed by atoms with Crippen LogP contribution in [0, 0.1) is 0 Å². The lowest BCUT2D eigenvalue weighted by molar-refractivity contribution is -0.166. The largest absolute Gasteiger partial charge is 0.462 e. The van der Waals surface area contributed by atoms with E-state index in [1.165, 1.54) is 25.7 Å². The van der Waals surface area contributed by atoms with Gasteiger partial charge in [0, 0.05) is 12.8 Å². The first-order valence-corrected chi connectivity index (χ1v) is 20.4. The number of carbonyl (C=O) groups is 3. The zero-order valence-electron chi connectivity index (χ0n) is 33.5. The molecule has 0 radical (unpaired) electrons. The molecule has 0 saturated heterocycles. The van der Waals surface area contributed by atoms with Crippen molar-refractivity contribution < 1.29 is 28.6 Å². The van der Waals surface area contributed by atoms with Crippen molar-refractivity contribution in [3.05, 3.63) is 109 Å². The fourth-order valence-corrected chi connectivity index (χ4v) is 4.82. The van der Waals surface area contributed by atoms with Crippen LogP contribution < -0.4 is 0 Å². The second-order valence-electron chi connectivity index (χ2n) is 12.8. The van der Waals surface area contributed by atoms with Gasteiger partial charge in [-0.05, 0) is 70.6 Å². The normalized spacial score (nSPS) is 13.2. The lowest BCUT2D eigenvalue weighted by Crippen LogP contribution is -2.30. The number of hydrogen-bond acceptors (Lipinski definition) is 6. The van der Waals surface area contributed by atoms with Crippen LogP contribution in [0.5, 0.6) is 0 Å². The molecule has 0 aromatic heterocycles. The number of allylic oxidation sites excluding steroid dienone is 17. The Morgan fingerprint density at radius 1 is 0.415 bits per heavy atom. The molecule has 0 saturated carbocycles. The molecule has 296 valence electrons. The predicted molar refractivity (Wildman–Crippen MR) is 223 cm³/mol. The molecule has 0 aromatic carbocycles. The van der Waals surface area contributed by atoms with Gasteiger partial charge >= 0.3 is 17.9 Å². The Morgan fingerprint density at radius 2 is 0.811 bits per heavy atom. The SMILES string of the molecule is CC/C=C\C/C=C\C/C=C\C/C=C\C/C=C\CC(=O)OCC(COC(=O)CCCCCCCCC)OC(=O)CC/C=C\C/C=C\C/C=C\C/C=C\CC. The second kappa shape index (κ2) is 40.8. The molecule has 0 fully saturated rings. The van der Waals surface area contributed by atoms with Gasteiger partial charge in [-0.2, -0.15) is 0 Å². The van der Waals surface area contributed by atoms with Crippen LogP contribution in [0.1, 0.15) is 149 Å². The van der Waals surface area contributed by atoms with E-state index in [1.807, 2.05) is 18.2 Å². The minimum absolute atomic E-state index is 0.109. The third kappa shape index (κ3) is 39.1. The lowest BCUT2D eigenvalue weighted by atomic mass is 10.1. The third-order valence-corrected chi connectivity index (χ3v) is 7.82. The summed E-state index contributed by atoms with van der Waals surface area (Å²) < 4.78 is 16.4. The molecule has 6 nitrogen and oxygen atoms in total. The Kier molecular flexibility index (Phi) is 37.8. The van der Waals surface area contributed by atoms with Gasteiger partial charge in [0.1, 0.15) is 13.2 Å². The van der Waals surface area contributed by atoms with Crippen molar-refractivity contribution in [3.63, 3.8) is 0 Å². The zero-order valence-corrected chi connectivity index (χ0v) is 33.5. The van der Waals surface area contributed by atoms with E-state index in [2.05, 4.69) is 106 Å². The first kappa shape index (κ1) is 49.1. The summed E-state index contributed by atoms with van der Waals surface area (Å²) in [6.07, 6.45) is 54.1. The zero-order chi connectivity index (χ0) is 38.7. The van der Waals surface area contributed by atoms with Crippen LogP contribution in [0.4, 0.5) is 0 Å². The highest BCUT2D eigenvalue weighted by Crippen LogP contribution is 2.10. The number of esters is 3. The van der Waals surface area contributed by atoms with Crippen LogP contribution in [0.25, 0.3) is 0 Å². The predicted octanol–water partition coefficient (Wildman–Crippen LogP) is 12.9. The summed E-state index contributed by atoms with van der Waals surface area (Å²) in [5.41, 5.74) is 0. The summed E-state index contributed by atoms with van der Waals surface area (Å²) in [4.78, 5) is 37.4. The van der Waals surface area contributed by atoms with Crippen molar-refractivity contribution in [1.29, 1.82) is 0 Å². The molecule has 0 aromatic rings. The molecule has 1 unspecified atom stereocenters. The number of rotatable bonds is 34. The fraction of sp³-hybridized carbons (Fsp3) is 0.553.